The van der Waals surface area contributed by atoms with Crippen LogP contribution >= 0.6 is 0 Å². The molecule has 1 amide bonds. The molecule has 0 unspecified atom stereocenters. The van der Waals surface area contributed by atoms with Crippen LogP contribution in [0.5, 0.6) is 0 Å². The Hall–Kier alpha value is -5.83. The summed E-state index contributed by atoms with van der Waals surface area (Å²) in [7, 11) is -0.0479. The fourth-order valence-corrected chi connectivity index (χ4v) is 13.0. The standard InChI is InChI=1S/C50H65N5O8Si/c1-13-55-41-27-26-34(53-46(51)62-42(56)30-40(45(57)60-12)54-47(58)63-48(3,4)5)29-38(41)39(44(55)37-25-20-28-52-43(37)33(2)59-11)31-50(9,10)32-61-64(49(6,7)8,35-21-16-14-17-22-35)36-23-18-15-19-24-36/h14-29,33,40H,13,30-32H2,1-12H3,(H2,51,53)(H,54,58)/t33-,40-/m0/s1. The van der Waals surface area contributed by atoms with Crippen LogP contribution in [-0.4, -0.2) is 74.4 Å². The minimum atomic E-state index is -2.87. The number of carbonyl (C=O) groups is 3. The fraction of sp³-hybridized carbons (Fsp3) is 0.420. The number of nitrogens with zero attached hydrogens (tertiary/aromatic N) is 3. The number of nitrogens with one attached hydrogen (secondary N) is 1. The Bertz CT molecular complexity index is 2400. The molecular formula is C50H65N5O8Si. The van der Waals surface area contributed by atoms with Crippen LogP contribution in [0, 0.1) is 5.41 Å². The topological polar surface area (TPSA) is 166 Å². The number of methoxy groups -OCH3 is 2. The lowest BCUT2D eigenvalue weighted by molar-refractivity contribution is -0.147. The zero-order chi connectivity index (χ0) is 47.0. The number of ether oxygens (including phenoxy) is 4. The smallest absolute Gasteiger partial charge is 0.408 e. The number of alkyl carbamates (subject to hydrolysis) is 1. The van der Waals surface area contributed by atoms with E-state index in [2.05, 4.69) is 111 Å². The maximum absolute atomic E-state index is 13.1. The van der Waals surface area contributed by atoms with Gasteiger partial charge in [-0.2, -0.15) is 4.99 Å². The lowest BCUT2D eigenvalue weighted by atomic mass is 9.84. The molecular weight excluding hydrogens is 827 g/mol. The first kappa shape index (κ1) is 49.2. The van der Waals surface area contributed by atoms with E-state index in [4.69, 9.17) is 34.1 Å². The maximum Gasteiger partial charge on any atom is 0.408 e. The van der Waals surface area contributed by atoms with E-state index < -0.39 is 55.8 Å². The molecule has 5 rings (SSSR count). The van der Waals surface area contributed by atoms with Crippen molar-refractivity contribution >= 4 is 59.3 Å². The van der Waals surface area contributed by atoms with Crippen LogP contribution in [-0.2, 0) is 45.9 Å². The van der Waals surface area contributed by atoms with E-state index >= 15 is 0 Å². The highest BCUT2D eigenvalue weighted by atomic mass is 28.4. The molecule has 2 aromatic heterocycles. The minimum absolute atomic E-state index is 0.207. The van der Waals surface area contributed by atoms with Gasteiger partial charge in [0.1, 0.15) is 11.6 Å². The van der Waals surface area contributed by atoms with Crippen molar-refractivity contribution in [3.05, 3.63) is 108 Å². The van der Waals surface area contributed by atoms with Gasteiger partial charge in [0, 0.05) is 42.9 Å². The van der Waals surface area contributed by atoms with Gasteiger partial charge in [0.25, 0.3) is 14.3 Å². The van der Waals surface area contributed by atoms with Crippen molar-refractivity contribution in [2.24, 2.45) is 16.1 Å². The molecule has 0 aliphatic rings. The summed E-state index contributed by atoms with van der Waals surface area (Å²) in [6, 6.07) is 29.2. The van der Waals surface area contributed by atoms with E-state index in [1.165, 1.54) is 10.4 Å². The number of hydrogen-bond donors (Lipinski definition) is 2. The molecule has 0 saturated carbocycles. The summed E-state index contributed by atoms with van der Waals surface area (Å²) in [6.07, 6.45) is 0.634. The van der Waals surface area contributed by atoms with Crippen LogP contribution in [0.25, 0.3) is 22.2 Å². The summed E-state index contributed by atoms with van der Waals surface area (Å²) in [5.41, 5.74) is 10.2. The number of esters is 2. The van der Waals surface area contributed by atoms with Gasteiger partial charge in [0.05, 0.1) is 36.7 Å². The van der Waals surface area contributed by atoms with Gasteiger partial charge in [-0.15, -0.1) is 0 Å². The average molecular weight is 892 g/mol. The van der Waals surface area contributed by atoms with Gasteiger partial charge >= 0.3 is 18.0 Å². The number of nitrogens with two attached hydrogens (primary N) is 1. The fourth-order valence-electron chi connectivity index (χ4n) is 8.21. The third-order valence-electron chi connectivity index (χ3n) is 11.1. The summed E-state index contributed by atoms with van der Waals surface area (Å²) >= 11 is 0. The SMILES string of the molecule is CCn1c(-c2cccnc2[C@H](C)OC)c(CC(C)(C)CO[Si](c2ccccc2)(c2ccccc2)C(C)(C)C)c2cc(N=C(N)OC(=O)C[C@H](NC(=O)OC(C)(C)C)C(=O)OC)ccc21. The van der Waals surface area contributed by atoms with Gasteiger partial charge in [0.15, 0.2) is 0 Å². The molecule has 0 bridgehead atoms. The first-order chi connectivity index (χ1) is 30.1. The number of hydrogen-bond acceptors (Lipinski definition) is 10. The number of aryl methyl sites for hydroxylation is 1. The minimum Gasteiger partial charge on any atom is -0.467 e. The van der Waals surface area contributed by atoms with E-state index in [0.717, 1.165) is 40.5 Å². The molecule has 342 valence electrons. The summed E-state index contributed by atoms with van der Waals surface area (Å²) in [6.45, 7) is 21.6. The molecule has 64 heavy (non-hydrogen) atoms. The number of amides is 1. The second-order valence-electron chi connectivity index (χ2n) is 18.7. The van der Waals surface area contributed by atoms with Crippen molar-refractivity contribution < 1.29 is 37.8 Å². The van der Waals surface area contributed by atoms with Crippen molar-refractivity contribution in [1.82, 2.24) is 14.9 Å². The molecule has 0 radical (unpaired) electrons. The number of carbonyl (C=O) groups excluding carboxylic acids is 3. The van der Waals surface area contributed by atoms with Crippen LogP contribution < -0.4 is 21.4 Å². The first-order valence-corrected chi connectivity index (χ1v) is 23.6. The zero-order valence-corrected chi connectivity index (χ0v) is 40.4. The van der Waals surface area contributed by atoms with E-state index in [0.29, 0.717) is 25.3 Å². The summed E-state index contributed by atoms with van der Waals surface area (Å²) in [4.78, 5) is 47.3. The van der Waals surface area contributed by atoms with E-state index in [9.17, 15) is 14.4 Å². The van der Waals surface area contributed by atoms with Crippen LogP contribution in [0.1, 0.15) is 93.0 Å². The Balaban J connectivity index is 1.57. The van der Waals surface area contributed by atoms with Gasteiger partial charge < -0.3 is 39.0 Å². The lowest BCUT2D eigenvalue weighted by Crippen LogP contribution is -2.67. The third-order valence-corrected chi connectivity index (χ3v) is 16.0. The molecule has 13 nitrogen and oxygen atoms in total. The molecule has 0 aliphatic carbocycles. The van der Waals surface area contributed by atoms with Gasteiger partial charge in [0.2, 0.25) is 0 Å². The Morgan fingerprint density at radius 1 is 0.875 bits per heavy atom. The second kappa shape index (κ2) is 20.3. The Morgan fingerprint density at radius 2 is 1.50 bits per heavy atom. The molecule has 0 saturated heterocycles. The predicted molar refractivity (Wildman–Crippen MR) is 254 cm³/mol. The number of rotatable bonds is 16. The monoisotopic (exact) mass is 891 g/mol. The number of amidine groups is 1. The quantitative estimate of drug-likeness (QED) is 0.0323. The molecule has 3 aromatic carbocycles. The zero-order valence-electron chi connectivity index (χ0n) is 39.4. The van der Waals surface area contributed by atoms with E-state index in [-0.39, 0.29) is 11.1 Å². The predicted octanol–water partition coefficient (Wildman–Crippen LogP) is 8.52. The molecule has 0 spiro atoms. The third kappa shape index (κ3) is 11.5. The number of aliphatic imine (C=N–C) groups is 1. The maximum atomic E-state index is 13.1. The van der Waals surface area contributed by atoms with Gasteiger partial charge in [-0.25, -0.2) is 9.59 Å². The van der Waals surface area contributed by atoms with Crippen molar-refractivity contribution in [3.8, 4) is 11.3 Å². The van der Waals surface area contributed by atoms with Gasteiger partial charge in [-0.3, -0.25) is 9.78 Å². The average Bonchev–Trinajstić information content (AvgIpc) is 3.53. The normalized spacial score (nSPS) is 13.6. The van der Waals surface area contributed by atoms with Crippen LogP contribution in [0.15, 0.2) is 102 Å². The highest BCUT2D eigenvalue weighted by Gasteiger charge is 2.51. The number of fused-ring (bicyclic) bond motifs is 1. The summed E-state index contributed by atoms with van der Waals surface area (Å²) < 4.78 is 31.1. The van der Waals surface area contributed by atoms with Crippen LogP contribution in [0.2, 0.25) is 5.04 Å². The number of benzene rings is 3. The molecule has 14 heteroatoms. The highest BCUT2D eigenvalue weighted by molar-refractivity contribution is 6.99. The lowest BCUT2D eigenvalue weighted by Gasteiger charge is -2.44. The molecule has 5 aromatic rings. The largest absolute Gasteiger partial charge is 0.467 e. The summed E-state index contributed by atoms with van der Waals surface area (Å²) in [5, 5.41) is 5.51. The van der Waals surface area contributed by atoms with Crippen molar-refractivity contribution in [2.45, 2.75) is 111 Å². The molecule has 3 N–H and O–H groups in total. The highest BCUT2D eigenvalue weighted by Crippen LogP contribution is 2.43. The van der Waals surface area contributed by atoms with Crippen LogP contribution in [0.3, 0.4) is 0 Å². The summed E-state index contributed by atoms with van der Waals surface area (Å²) in [5.74, 6) is -1.77. The van der Waals surface area contributed by atoms with Crippen molar-refractivity contribution in [3.63, 3.8) is 0 Å². The second-order valence-corrected chi connectivity index (χ2v) is 23.0. The van der Waals surface area contributed by atoms with E-state index in [1.807, 2.05) is 43.3 Å². The van der Waals surface area contributed by atoms with Crippen molar-refractivity contribution in [1.29, 1.82) is 0 Å². The van der Waals surface area contributed by atoms with Crippen molar-refractivity contribution in [2.75, 3.05) is 20.8 Å². The molecule has 0 fully saturated rings. The molecule has 2 heterocycles. The Morgan fingerprint density at radius 3 is 2.05 bits per heavy atom. The van der Waals surface area contributed by atoms with Gasteiger partial charge in [-0.1, -0.05) is 95.3 Å². The molecule has 2 atom stereocenters. The van der Waals surface area contributed by atoms with Gasteiger partial charge in [-0.05, 0) is 97.8 Å². The molecule has 0 aliphatic heterocycles. The Kier molecular flexibility index (Phi) is 15.6. The Labute approximate surface area is 378 Å². The number of pyridine rings is 1. The van der Waals surface area contributed by atoms with E-state index in [1.54, 1.807) is 34.1 Å². The van der Waals surface area contributed by atoms with Crippen LogP contribution in [0.4, 0.5) is 10.5 Å². The number of aromatic nitrogens is 2. The first-order valence-electron chi connectivity index (χ1n) is 21.6.